The van der Waals surface area contributed by atoms with Crippen molar-refractivity contribution in [1.29, 1.82) is 0 Å². The van der Waals surface area contributed by atoms with Gasteiger partial charge in [0.2, 0.25) is 11.8 Å². The van der Waals surface area contributed by atoms with Crippen LogP contribution in [0.15, 0.2) is 18.2 Å². The number of rotatable bonds is 17. The van der Waals surface area contributed by atoms with Crippen LogP contribution in [0.3, 0.4) is 0 Å². The van der Waals surface area contributed by atoms with Gasteiger partial charge in [0.05, 0.1) is 28.7 Å². The van der Waals surface area contributed by atoms with Crippen LogP contribution in [-0.4, -0.2) is 62.2 Å². The van der Waals surface area contributed by atoms with Crippen molar-refractivity contribution in [2.45, 2.75) is 88.3 Å². The highest BCUT2D eigenvalue weighted by molar-refractivity contribution is 8.00. The van der Waals surface area contributed by atoms with Crippen molar-refractivity contribution in [3.05, 3.63) is 39.4 Å². The van der Waals surface area contributed by atoms with Gasteiger partial charge < -0.3 is 31.1 Å². The first-order valence-corrected chi connectivity index (χ1v) is 16.2. The largest absolute Gasteiger partial charge is 0.470 e. The van der Waals surface area contributed by atoms with E-state index in [0.29, 0.717) is 30.2 Å². The lowest BCUT2D eigenvalue weighted by molar-refractivity contribution is -0.386. The molecule has 2 aliphatic heterocycles. The standard InChI is InChI=1S/C25H38N5O9PS/c1-16(39-40(36,37)38)18-13-17(10-11-20(18)30(34)35)14-27-23(32)8-3-2-6-12-26-22(31)9-5-4-7-21-24-19(15-41-21)28-25(33)29-24/h10-11,13,16,19,21,24H,2-9,12,14-15H2,1H3,(H,26,31)(H,27,32)(H2,28,29,33)(H2,36,37,38). The number of urea groups is 1. The van der Waals surface area contributed by atoms with Crippen LogP contribution in [0.1, 0.15) is 75.5 Å². The molecule has 2 heterocycles. The van der Waals surface area contributed by atoms with Crippen molar-refractivity contribution in [1.82, 2.24) is 21.3 Å². The molecule has 6 N–H and O–H groups in total. The summed E-state index contributed by atoms with van der Waals surface area (Å²) >= 11 is 1.87. The van der Waals surface area contributed by atoms with Gasteiger partial charge in [-0.05, 0) is 44.2 Å². The Balaban J connectivity index is 1.25. The summed E-state index contributed by atoms with van der Waals surface area (Å²) in [6.07, 6.45) is 4.35. The molecule has 2 saturated heterocycles. The Bertz CT molecular complexity index is 1150. The second-order valence-corrected chi connectivity index (χ2v) is 12.7. The third-order valence-electron chi connectivity index (χ3n) is 7.00. The predicted molar refractivity (Wildman–Crippen MR) is 152 cm³/mol. The molecule has 4 atom stereocenters. The summed E-state index contributed by atoms with van der Waals surface area (Å²) in [5.74, 6) is 0.738. The highest BCUT2D eigenvalue weighted by Crippen LogP contribution is 2.43. The normalized spacial score (nSPS) is 20.6. The number of hydrogen-bond acceptors (Lipinski definition) is 8. The molecule has 4 amide bonds. The average molecular weight is 616 g/mol. The molecule has 0 aromatic heterocycles. The average Bonchev–Trinajstić information content (AvgIpc) is 3.45. The van der Waals surface area contributed by atoms with Crippen molar-refractivity contribution in [2.24, 2.45) is 0 Å². The highest BCUT2D eigenvalue weighted by Gasteiger charge is 2.42. The first-order valence-electron chi connectivity index (χ1n) is 13.7. The molecule has 14 nitrogen and oxygen atoms in total. The summed E-state index contributed by atoms with van der Waals surface area (Å²) in [6.45, 7) is 1.93. The first-order chi connectivity index (χ1) is 19.4. The quantitative estimate of drug-likeness (QED) is 0.0496. The fourth-order valence-corrected chi connectivity index (χ4v) is 7.00. The summed E-state index contributed by atoms with van der Waals surface area (Å²) < 4.78 is 15.7. The number of benzene rings is 1. The molecule has 0 radical (unpaired) electrons. The molecule has 2 fully saturated rings. The second kappa shape index (κ2) is 15.5. The maximum absolute atomic E-state index is 12.2. The van der Waals surface area contributed by atoms with E-state index in [2.05, 4.69) is 25.8 Å². The van der Waals surface area contributed by atoms with E-state index < -0.39 is 18.8 Å². The second-order valence-electron chi connectivity index (χ2n) is 10.2. The van der Waals surface area contributed by atoms with E-state index >= 15 is 0 Å². The van der Waals surface area contributed by atoms with Crippen molar-refractivity contribution >= 4 is 43.1 Å². The monoisotopic (exact) mass is 615 g/mol. The minimum Gasteiger partial charge on any atom is -0.356 e. The summed E-state index contributed by atoms with van der Waals surface area (Å²) in [6, 6.07) is 4.37. The zero-order valence-electron chi connectivity index (χ0n) is 22.9. The number of phosphoric acid groups is 1. The first kappa shape index (κ1) is 32.8. The zero-order chi connectivity index (χ0) is 30.0. The van der Waals surface area contributed by atoms with Gasteiger partial charge in [0, 0.05) is 43.0 Å². The van der Waals surface area contributed by atoms with Crippen molar-refractivity contribution in [2.75, 3.05) is 12.3 Å². The third-order valence-corrected chi connectivity index (χ3v) is 9.09. The zero-order valence-corrected chi connectivity index (χ0v) is 24.6. The van der Waals surface area contributed by atoms with E-state index in [-0.39, 0.29) is 54.1 Å². The van der Waals surface area contributed by atoms with E-state index in [4.69, 9.17) is 9.79 Å². The number of nitrogens with one attached hydrogen (secondary N) is 4. The van der Waals surface area contributed by atoms with E-state index in [0.717, 1.165) is 37.9 Å². The molecule has 0 bridgehead atoms. The van der Waals surface area contributed by atoms with Crippen LogP contribution in [0.25, 0.3) is 0 Å². The number of fused-ring (bicyclic) bond motifs is 1. The number of carbonyl (C=O) groups excluding carboxylic acids is 3. The lowest BCUT2D eigenvalue weighted by Gasteiger charge is -2.16. The number of phosphoric ester groups is 1. The van der Waals surface area contributed by atoms with E-state index in [9.17, 15) is 29.1 Å². The fourth-order valence-electron chi connectivity index (χ4n) is 4.94. The fraction of sp³-hybridized carbons (Fsp3) is 0.640. The lowest BCUT2D eigenvalue weighted by Crippen LogP contribution is -2.36. The van der Waals surface area contributed by atoms with Gasteiger partial charge in [-0.3, -0.25) is 24.2 Å². The number of thioether (sulfide) groups is 1. The number of nitro groups is 1. The maximum Gasteiger partial charge on any atom is 0.470 e. The molecule has 1 aromatic rings. The van der Waals surface area contributed by atoms with Crippen LogP contribution >= 0.6 is 19.6 Å². The molecule has 2 aliphatic rings. The molecule has 0 saturated carbocycles. The molecule has 228 valence electrons. The Morgan fingerprint density at radius 1 is 1.15 bits per heavy atom. The molecule has 0 spiro atoms. The van der Waals surface area contributed by atoms with E-state index in [1.54, 1.807) is 0 Å². The minimum atomic E-state index is -4.85. The molecule has 0 aliphatic carbocycles. The van der Waals surface area contributed by atoms with E-state index in [1.165, 1.54) is 25.1 Å². The highest BCUT2D eigenvalue weighted by atomic mass is 32.2. The number of carbonyl (C=O) groups is 3. The number of unbranched alkanes of at least 4 members (excludes halogenated alkanes) is 3. The molecule has 1 aromatic carbocycles. The van der Waals surface area contributed by atoms with Gasteiger partial charge in [-0.15, -0.1) is 0 Å². The Kier molecular flexibility index (Phi) is 12.4. The molecule has 16 heteroatoms. The van der Waals surface area contributed by atoms with Gasteiger partial charge in [-0.25, -0.2) is 9.36 Å². The SMILES string of the molecule is CC(OP(=O)(O)O)c1cc(CNC(=O)CCCCCNC(=O)CCCCC2SCC3NC(=O)NC32)ccc1[N+](=O)[O-]. The van der Waals surface area contributed by atoms with Crippen LogP contribution in [-0.2, 0) is 25.2 Å². The van der Waals surface area contributed by atoms with Crippen molar-refractivity contribution in [3.63, 3.8) is 0 Å². The molecule has 41 heavy (non-hydrogen) atoms. The maximum atomic E-state index is 12.2. The molecule has 4 unspecified atom stereocenters. The number of nitro benzene ring substituents is 1. The minimum absolute atomic E-state index is 0.00491. The van der Waals surface area contributed by atoms with Crippen LogP contribution < -0.4 is 21.3 Å². The van der Waals surface area contributed by atoms with Gasteiger partial charge in [-0.2, -0.15) is 11.8 Å². The van der Waals surface area contributed by atoms with Crippen LogP contribution in [0, 0.1) is 10.1 Å². The van der Waals surface area contributed by atoms with Gasteiger partial charge >= 0.3 is 13.9 Å². The van der Waals surface area contributed by atoms with Crippen LogP contribution in [0.2, 0.25) is 0 Å². The Hall–Kier alpha value is -2.71. The smallest absolute Gasteiger partial charge is 0.356 e. The van der Waals surface area contributed by atoms with Gasteiger partial charge in [0.1, 0.15) is 0 Å². The lowest BCUT2D eigenvalue weighted by atomic mass is 10.0. The van der Waals surface area contributed by atoms with Crippen molar-refractivity contribution in [3.8, 4) is 0 Å². The van der Waals surface area contributed by atoms with E-state index in [1.807, 2.05) is 11.8 Å². The summed E-state index contributed by atoms with van der Waals surface area (Å²) in [5, 5.41) is 23.2. The van der Waals surface area contributed by atoms with Crippen LogP contribution in [0.5, 0.6) is 0 Å². The van der Waals surface area contributed by atoms with Gasteiger partial charge in [-0.1, -0.05) is 18.9 Å². The number of nitrogens with zero attached hydrogens (tertiary/aromatic N) is 1. The van der Waals surface area contributed by atoms with Crippen molar-refractivity contribution < 1.29 is 38.2 Å². The third kappa shape index (κ3) is 10.9. The Labute approximate surface area is 242 Å². The van der Waals surface area contributed by atoms with Gasteiger partial charge in [0.25, 0.3) is 5.69 Å². The van der Waals surface area contributed by atoms with Gasteiger partial charge in [0.15, 0.2) is 0 Å². The summed E-state index contributed by atoms with van der Waals surface area (Å²) in [4.78, 5) is 64.4. The molecular formula is C25H38N5O9PS. The molecular weight excluding hydrogens is 577 g/mol. The topological polar surface area (TPSA) is 209 Å². The number of amides is 4. The molecule has 3 rings (SSSR count). The summed E-state index contributed by atoms with van der Waals surface area (Å²) in [7, 11) is -4.85. The van der Waals surface area contributed by atoms with Crippen LogP contribution in [0.4, 0.5) is 10.5 Å². The Morgan fingerprint density at radius 3 is 2.56 bits per heavy atom. The summed E-state index contributed by atoms with van der Waals surface area (Å²) in [5.41, 5.74) is 0.179. The Morgan fingerprint density at radius 2 is 1.85 bits per heavy atom. The number of hydrogen-bond donors (Lipinski definition) is 6. The predicted octanol–water partition coefficient (Wildman–Crippen LogP) is 2.78.